The van der Waals surface area contributed by atoms with Crippen molar-refractivity contribution in [3.63, 3.8) is 0 Å². The van der Waals surface area contributed by atoms with Crippen molar-refractivity contribution >= 4 is 23.5 Å². The van der Waals surface area contributed by atoms with Crippen LogP contribution < -0.4 is 0 Å². The number of epoxide rings is 6. The first-order valence-corrected chi connectivity index (χ1v) is 19.7. The quantitative estimate of drug-likeness (QED) is 0.321. The van der Waals surface area contributed by atoms with Crippen molar-refractivity contribution in [2.45, 2.75) is 156 Å². The summed E-state index contributed by atoms with van der Waals surface area (Å²) >= 11 is 0. The van der Waals surface area contributed by atoms with Gasteiger partial charge >= 0.3 is 11.9 Å². The van der Waals surface area contributed by atoms with E-state index < -0.39 is 50.7 Å². The third kappa shape index (κ3) is 2.69. The predicted octanol–water partition coefficient (Wildman–Crippen LogP) is 1.74. The van der Waals surface area contributed by atoms with Gasteiger partial charge in [0.2, 0.25) is 11.6 Å². The van der Waals surface area contributed by atoms with Gasteiger partial charge in [-0.2, -0.15) is 0 Å². The molecule has 1 unspecified atom stereocenters. The van der Waals surface area contributed by atoms with Gasteiger partial charge in [-0.3, -0.25) is 9.59 Å². The first kappa shape index (κ1) is 31.7. The number of carbonyl (C=O) groups is 4. The molecule has 8 aliphatic heterocycles. The minimum Gasteiger partial charge on any atom is -0.458 e. The van der Waals surface area contributed by atoms with Crippen molar-refractivity contribution in [1.82, 2.24) is 0 Å². The molecule has 6 aliphatic carbocycles. The summed E-state index contributed by atoms with van der Waals surface area (Å²) in [6.45, 7) is 12.8. The molecule has 4 saturated carbocycles. The summed E-state index contributed by atoms with van der Waals surface area (Å²) in [5.41, 5.74) is -3.80. The first-order chi connectivity index (χ1) is 25.0. The molecule has 282 valence electrons. The van der Waals surface area contributed by atoms with E-state index in [4.69, 9.17) is 37.9 Å². The Morgan fingerprint density at radius 3 is 1.91 bits per heavy atom. The lowest BCUT2D eigenvalue weighted by Gasteiger charge is -2.56. The maximum Gasteiger partial charge on any atom is 0.334 e. The summed E-state index contributed by atoms with van der Waals surface area (Å²) in [5, 5.41) is 11.9. The van der Waals surface area contributed by atoms with E-state index in [1.165, 1.54) is 0 Å². The maximum absolute atomic E-state index is 13.7. The van der Waals surface area contributed by atoms with Crippen molar-refractivity contribution in [1.29, 1.82) is 0 Å². The van der Waals surface area contributed by atoms with E-state index in [2.05, 4.69) is 6.92 Å². The number of ether oxygens (including phenoxy) is 8. The van der Waals surface area contributed by atoms with Crippen molar-refractivity contribution in [2.75, 3.05) is 13.2 Å². The second-order valence-corrected chi connectivity index (χ2v) is 19.6. The number of aliphatic hydroxyl groups is 1. The van der Waals surface area contributed by atoms with Gasteiger partial charge < -0.3 is 43.0 Å². The van der Waals surface area contributed by atoms with Gasteiger partial charge in [0.1, 0.15) is 60.5 Å². The van der Waals surface area contributed by atoms with Gasteiger partial charge in [-0.15, -0.1) is 0 Å². The van der Waals surface area contributed by atoms with Crippen molar-refractivity contribution < 1.29 is 62.2 Å². The lowest BCUT2D eigenvalue weighted by molar-refractivity contribution is -0.157. The van der Waals surface area contributed by atoms with Crippen LogP contribution in [0.1, 0.15) is 80.1 Å². The SMILES string of the molecule is CC(C)[C@]12O[C@H]1[C@@H]1O[C@@]13[C@@]1(C)CCC4=C(COC4=O)C1C[C@@H]1O[C@@]13C2=O.CC(C)[C@]12O[C@H]1[C@@H]1O[C@@]13[C@@]1(C)CCC4=C(COC4=O)[C@]1(O)C[C@@H]1O[C@@]13C2=O. The van der Waals surface area contributed by atoms with E-state index >= 15 is 0 Å². The Balaban J connectivity index is 0.000000114. The molecular formula is C40H44O13. The molecule has 1 N–H and O–H groups in total. The normalized spacial score (nSPS) is 60.8. The Morgan fingerprint density at radius 1 is 0.660 bits per heavy atom. The van der Waals surface area contributed by atoms with E-state index in [9.17, 15) is 24.3 Å². The van der Waals surface area contributed by atoms with E-state index in [-0.39, 0.29) is 83.8 Å². The highest BCUT2D eigenvalue weighted by Crippen LogP contribution is 2.84. The standard InChI is InChI=1S/C20H22O7.C20H22O6/c1-8(2)18-12(26-18)13-20(27-13)16(3)5-4-9-10(7-24-14(9)21)17(16,23)6-11-19(20,25-11)15(18)22;1-8(2)18-13(25-18)14-20(26-14)17(3)5-4-9-10(7-23-15(9)21)11(17)6-12-19(20,24-12)16(18)22/h8,11-13,23H,4-7H2,1-3H3;8,11-14H,4-7H2,1-3H3/t11-,12-,13-,16-,17+,18-,19+,20+;11?,12-,13-,14-,17-,18-,19+,20+/m00/s1. The van der Waals surface area contributed by atoms with Gasteiger partial charge in [-0.05, 0) is 55.4 Å². The third-order valence-corrected chi connectivity index (χ3v) is 17.8. The van der Waals surface area contributed by atoms with E-state index in [0.717, 1.165) is 24.0 Å². The van der Waals surface area contributed by atoms with E-state index in [1.807, 2.05) is 34.6 Å². The van der Waals surface area contributed by atoms with Gasteiger partial charge in [0.15, 0.2) is 22.4 Å². The molecule has 8 heterocycles. The number of Topliss-reactive ketones (excluding diaryl/α,β-unsaturated/α-hetero) is 2. The zero-order chi connectivity index (χ0) is 36.6. The highest BCUT2D eigenvalue weighted by molar-refractivity contribution is 6.06. The zero-order valence-electron chi connectivity index (χ0n) is 30.7. The molecule has 6 saturated heterocycles. The van der Waals surface area contributed by atoms with Gasteiger partial charge in [-0.25, -0.2) is 9.59 Å². The number of hydrogen-bond acceptors (Lipinski definition) is 13. The Bertz CT molecular complexity index is 2050. The van der Waals surface area contributed by atoms with Crippen LogP contribution in [0.4, 0.5) is 0 Å². The van der Waals surface area contributed by atoms with Crippen LogP contribution in [-0.4, -0.2) is 118 Å². The summed E-state index contributed by atoms with van der Waals surface area (Å²) in [6.07, 6.45) is 2.42. The molecule has 53 heavy (non-hydrogen) atoms. The fourth-order valence-corrected chi connectivity index (χ4v) is 14.8. The summed E-state index contributed by atoms with van der Waals surface area (Å²) in [7, 11) is 0. The molecule has 14 rings (SSSR count). The predicted molar refractivity (Wildman–Crippen MR) is 174 cm³/mol. The van der Waals surface area contributed by atoms with Crippen LogP contribution in [0.15, 0.2) is 22.3 Å². The molecule has 16 atom stereocenters. The van der Waals surface area contributed by atoms with E-state index in [1.54, 1.807) is 0 Å². The number of hydrogen-bond donors (Lipinski definition) is 1. The number of rotatable bonds is 2. The fraction of sp³-hybridized carbons (Fsp3) is 0.800. The smallest absolute Gasteiger partial charge is 0.334 e. The van der Waals surface area contributed by atoms with Crippen LogP contribution in [0.2, 0.25) is 0 Å². The Hall–Kier alpha value is -2.52. The zero-order valence-corrected chi connectivity index (χ0v) is 30.7. The molecule has 0 aromatic rings. The van der Waals surface area contributed by atoms with Gasteiger partial charge in [0.25, 0.3) is 0 Å². The second kappa shape index (κ2) is 8.28. The van der Waals surface area contributed by atoms with Crippen molar-refractivity contribution in [3.8, 4) is 0 Å². The highest BCUT2D eigenvalue weighted by Gasteiger charge is 3.03. The van der Waals surface area contributed by atoms with Crippen LogP contribution >= 0.6 is 0 Å². The highest BCUT2D eigenvalue weighted by atomic mass is 16.8. The van der Waals surface area contributed by atoms with Crippen molar-refractivity contribution in [2.24, 2.45) is 28.6 Å². The number of esters is 2. The molecular weight excluding hydrogens is 688 g/mol. The maximum atomic E-state index is 13.7. The molecule has 0 aromatic heterocycles. The van der Waals surface area contributed by atoms with Crippen molar-refractivity contribution in [3.05, 3.63) is 22.3 Å². The fourth-order valence-electron chi connectivity index (χ4n) is 14.8. The second-order valence-electron chi connectivity index (χ2n) is 19.6. The molecule has 10 fully saturated rings. The number of ketones is 2. The number of carbonyl (C=O) groups excluding carboxylic acids is 4. The van der Waals surface area contributed by atoms with Crippen LogP contribution in [0.25, 0.3) is 0 Å². The largest absolute Gasteiger partial charge is 0.458 e. The van der Waals surface area contributed by atoms with Gasteiger partial charge in [0.05, 0.1) is 6.10 Å². The van der Waals surface area contributed by atoms with Gasteiger partial charge in [0, 0.05) is 34.0 Å². The summed E-state index contributed by atoms with van der Waals surface area (Å²) in [6, 6.07) is 0. The number of fused-ring (bicyclic) bond motifs is 8. The molecule has 0 radical (unpaired) electrons. The molecule has 13 nitrogen and oxygen atoms in total. The molecule has 13 heteroatoms. The minimum atomic E-state index is -1.26. The molecule has 4 spiro atoms. The van der Waals surface area contributed by atoms with Crippen LogP contribution in [0.3, 0.4) is 0 Å². The van der Waals surface area contributed by atoms with E-state index in [0.29, 0.717) is 43.4 Å². The van der Waals surface area contributed by atoms with Crippen LogP contribution in [0.5, 0.6) is 0 Å². The third-order valence-electron chi connectivity index (χ3n) is 17.8. The molecule has 14 aliphatic rings. The topological polar surface area (TPSA) is 182 Å². The minimum absolute atomic E-state index is 0.00412. The summed E-state index contributed by atoms with van der Waals surface area (Å²) < 4.78 is 47.8. The summed E-state index contributed by atoms with van der Waals surface area (Å²) in [4.78, 5) is 51.4. The average Bonchev–Trinajstić information content (AvgIpc) is 3.89. The van der Waals surface area contributed by atoms with Gasteiger partial charge in [-0.1, -0.05) is 41.5 Å². The average molecular weight is 733 g/mol. The lowest BCUT2D eigenvalue weighted by Crippen LogP contribution is -2.73. The van der Waals surface area contributed by atoms with Crippen LogP contribution in [-0.2, 0) is 57.1 Å². The molecule has 0 bridgehead atoms. The molecule has 0 amide bonds. The summed E-state index contributed by atoms with van der Waals surface area (Å²) in [5.74, 6) is -0.0340. The monoisotopic (exact) mass is 732 g/mol. The Labute approximate surface area is 305 Å². The Morgan fingerprint density at radius 2 is 1.23 bits per heavy atom. The molecule has 0 aromatic carbocycles. The first-order valence-electron chi connectivity index (χ1n) is 19.7. The Kier molecular flexibility index (Phi) is 4.95. The number of cyclic esters (lactones) is 2. The lowest BCUT2D eigenvalue weighted by atomic mass is 9.45. The van der Waals surface area contributed by atoms with Crippen LogP contribution in [0, 0.1) is 28.6 Å².